The highest BCUT2D eigenvalue weighted by atomic mass is 16.6. The second kappa shape index (κ2) is 5.40. The van der Waals surface area contributed by atoms with Gasteiger partial charge in [0.05, 0.1) is 10.3 Å². The zero-order valence-electron chi connectivity index (χ0n) is 8.61. The third kappa shape index (κ3) is 2.65. The molecule has 0 aliphatic rings. The van der Waals surface area contributed by atoms with Crippen LogP contribution in [0.2, 0.25) is 0 Å². The summed E-state index contributed by atoms with van der Waals surface area (Å²) in [7, 11) is 0. The zero-order valence-corrected chi connectivity index (χ0v) is 8.61. The van der Waals surface area contributed by atoms with E-state index in [2.05, 4.69) is 0 Å². The number of nitrogen functional groups attached to an aromatic ring is 1. The molecule has 0 amide bonds. The summed E-state index contributed by atoms with van der Waals surface area (Å²) in [6.45, 7) is 0. The Morgan fingerprint density at radius 3 is 2.41 bits per heavy atom. The highest BCUT2D eigenvalue weighted by Crippen LogP contribution is 2.30. The van der Waals surface area contributed by atoms with Gasteiger partial charge in [-0.2, -0.15) is 0 Å². The van der Waals surface area contributed by atoms with Gasteiger partial charge in [-0.1, -0.05) is 24.3 Å². The highest BCUT2D eigenvalue weighted by molar-refractivity contribution is 5.95. The molecule has 0 saturated heterocycles. The van der Waals surface area contributed by atoms with Crippen molar-refractivity contribution >= 4 is 22.1 Å². The summed E-state index contributed by atoms with van der Waals surface area (Å²) >= 11 is 0. The van der Waals surface area contributed by atoms with E-state index in [1.54, 1.807) is 24.3 Å². The van der Waals surface area contributed by atoms with Crippen LogP contribution in [0.3, 0.4) is 0 Å². The molecule has 7 nitrogen and oxygen atoms in total. The average Bonchev–Trinajstić information content (AvgIpc) is 2.29. The monoisotopic (exact) mass is 235 g/mol. The van der Waals surface area contributed by atoms with E-state index < -0.39 is 4.92 Å². The Kier molecular flexibility index (Phi) is 3.93. The van der Waals surface area contributed by atoms with Crippen LogP contribution in [0.15, 0.2) is 41.7 Å². The molecule has 0 bridgehead atoms. The fourth-order valence-electron chi connectivity index (χ4n) is 1.48. The van der Waals surface area contributed by atoms with Gasteiger partial charge in [0.1, 0.15) is 5.69 Å². The second-order valence-corrected chi connectivity index (χ2v) is 3.06. The Labute approximate surface area is 95.6 Å². The number of anilines is 1. The molecular weight excluding hydrogens is 226 g/mol. The topological polar surface area (TPSA) is 119 Å². The predicted octanol–water partition coefficient (Wildman–Crippen LogP) is 2.47. The fraction of sp³-hybridized carbons (Fsp3) is 0. The minimum atomic E-state index is -0.447. The highest BCUT2D eigenvalue weighted by Gasteiger charge is 2.15. The summed E-state index contributed by atoms with van der Waals surface area (Å²) in [5.41, 5.74) is 5.74. The summed E-state index contributed by atoms with van der Waals surface area (Å²) in [5.74, 6) is 0. The maximum Gasteiger partial charge on any atom is 0.299 e. The molecule has 0 heterocycles. The quantitative estimate of drug-likeness (QED) is 0.340. The molecule has 0 fully saturated rings. The van der Waals surface area contributed by atoms with Crippen LogP contribution >= 0.6 is 0 Å². The third-order valence-electron chi connectivity index (χ3n) is 2.11. The Morgan fingerprint density at radius 1 is 1.24 bits per heavy atom. The molecular formula is C10H9N3O4. The molecule has 2 aromatic carbocycles. The molecule has 0 atom stereocenters. The van der Waals surface area contributed by atoms with Crippen molar-refractivity contribution in [1.82, 2.24) is 0 Å². The summed E-state index contributed by atoms with van der Waals surface area (Å²) in [4.78, 5) is 18.4. The van der Waals surface area contributed by atoms with E-state index in [9.17, 15) is 10.1 Å². The molecule has 0 aliphatic heterocycles. The lowest BCUT2D eigenvalue weighted by Gasteiger charge is -2.01. The Morgan fingerprint density at radius 2 is 1.82 bits per heavy atom. The van der Waals surface area contributed by atoms with E-state index in [-0.39, 0.29) is 11.4 Å². The first-order valence-electron chi connectivity index (χ1n) is 4.50. The largest absolute Gasteiger partial charge is 0.393 e. The summed E-state index contributed by atoms with van der Waals surface area (Å²) in [6, 6.07) is 10.4. The number of fused-ring (bicyclic) bond motifs is 1. The van der Waals surface area contributed by atoms with E-state index in [0.29, 0.717) is 5.39 Å². The zero-order chi connectivity index (χ0) is 12.8. The number of benzene rings is 2. The lowest BCUT2D eigenvalue weighted by atomic mass is 10.1. The molecule has 0 spiro atoms. The lowest BCUT2D eigenvalue weighted by molar-refractivity contribution is -0.382. The molecule has 88 valence electrons. The van der Waals surface area contributed by atoms with E-state index in [4.69, 9.17) is 15.8 Å². The van der Waals surface area contributed by atoms with Crippen molar-refractivity contribution in [3.05, 3.63) is 51.4 Å². The Balaban J connectivity index is 0.000000437. The van der Waals surface area contributed by atoms with Gasteiger partial charge < -0.3 is 10.9 Å². The fourth-order valence-corrected chi connectivity index (χ4v) is 1.48. The Hall–Kier alpha value is -2.70. The van der Waals surface area contributed by atoms with E-state index >= 15 is 0 Å². The molecule has 0 aliphatic carbocycles. The van der Waals surface area contributed by atoms with Crippen LogP contribution in [0.1, 0.15) is 0 Å². The van der Waals surface area contributed by atoms with Crippen molar-refractivity contribution in [3.8, 4) is 0 Å². The van der Waals surface area contributed by atoms with Crippen LogP contribution < -0.4 is 5.73 Å². The summed E-state index contributed by atoms with van der Waals surface area (Å²) < 4.78 is 0. The van der Waals surface area contributed by atoms with Gasteiger partial charge in [0.15, 0.2) is 5.34 Å². The molecule has 3 N–H and O–H groups in total. The summed E-state index contributed by atoms with van der Waals surface area (Å²) in [5, 5.41) is 20.1. The minimum Gasteiger partial charge on any atom is -0.393 e. The van der Waals surface area contributed by atoms with Crippen LogP contribution in [0.5, 0.6) is 0 Å². The maximum atomic E-state index is 10.8. The molecule has 17 heavy (non-hydrogen) atoms. The van der Waals surface area contributed by atoms with Gasteiger partial charge in [0.25, 0.3) is 5.69 Å². The van der Waals surface area contributed by atoms with Gasteiger partial charge in [-0.3, -0.25) is 10.1 Å². The molecule has 2 aromatic rings. The van der Waals surface area contributed by atoms with E-state index in [1.165, 1.54) is 5.34 Å². The first kappa shape index (κ1) is 12.4. The van der Waals surface area contributed by atoms with Gasteiger partial charge in [0.2, 0.25) is 0 Å². The van der Waals surface area contributed by atoms with Gasteiger partial charge in [-0.15, -0.1) is 4.91 Å². The van der Waals surface area contributed by atoms with Crippen LogP contribution in [-0.4, -0.2) is 10.1 Å². The smallest absolute Gasteiger partial charge is 0.299 e. The molecule has 0 saturated carbocycles. The van der Waals surface area contributed by atoms with Crippen molar-refractivity contribution in [3.63, 3.8) is 0 Å². The number of rotatable bonds is 1. The number of nitrogens with zero attached hydrogens (tertiary/aromatic N) is 2. The Bertz CT molecular complexity index is 556. The van der Waals surface area contributed by atoms with Crippen molar-refractivity contribution in [2.24, 2.45) is 5.34 Å². The molecule has 2 rings (SSSR count). The molecule has 0 unspecified atom stereocenters. The van der Waals surface area contributed by atoms with Gasteiger partial charge in [0, 0.05) is 0 Å². The van der Waals surface area contributed by atoms with E-state index in [0.717, 1.165) is 5.39 Å². The number of hydrogen-bond donors (Lipinski definition) is 2. The van der Waals surface area contributed by atoms with Crippen molar-refractivity contribution in [1.29, 1.82) is 0 Å². The number of nitro benzene ring substituents is 1. The normalized spacial score (nSPS) is 9.18. The van der Waals surface area contributed by atoms with Crippen molar-refractivity contribution in [2.45, 2.75) is 0 Å². The second-order valence-electron chi connectivity index (χ2n) is 3.06. The van der Waals surface area contributed by atoms with Gasteiger partial charge in [-0.25, -0.2) is 0 Å². The average molecular weight is 235 g/mol. The molecule has 0 aromatic heterocycles. The van der Waals surface area contributed by atoms with Crippen LogP contribution in [0, 0.1) is 15.0 Å². The third-order valence-corrected chi connectivity index (χ3v) is 2.11. The lowest BCUT2D eigenvalue weighted by Crippen LogP contribution is -1.96. The maximum absolute atomic E-state index is 10.8. The number of nitro groups is 1. The van der Waals surface area contributed by atoms with Crippen LogP contribution in [-0.2, 0) is 0 Å². The minimum absolute atomic E-state index is 0.0110. The van der Waals surface area contributed by atoms with Crippen molar-refractivity contribution in [2.75, 3.05) is 5.73 Å². The molecule has 7 heteroatoms. The SMILES string of the molecule is Nc1ccc2ccccc2c1[N+](=O)[O-].O=NO. The number of hydrogen-bond acceptors (Lipinski definition) is 5. The molecule has 0 radical (unpaired) electrons. The van der Waals surface area contributed by atoms with Crippen LogP contribution in [0.4, 0.5) is 11.4 Å². The standard InChI is InChI=1S/C10H8N2O2.HNO2/c11-9-6-5-7-3-1-2-4-8(7)10(9)12(13)14;2-1-3/h1-6H,11H2;(H,2,3). The van der Waals surface area contributed by atoms with Gasteiger partial charge >= 0.3 is 0 Å². The van der Waals surface area contributed by atoms with Gasteiger partial charge in [-0.05, 0) is 17.5 Å². The first-order chi connectivity index (χ1) is 8.11. The predicted molar refractivity (Wildman–Crippen MR) is 62.6 cm³/mol. The number of nitrogens with two attached hydrogens (primary N) is 1. The van der Waals surface area contributed by atoms with E-state index in [1.807, 2.05) is 12.1 Å². The van der Waals surface area contributed by atoms with Crippen LogP contribution in [0.25, 0.3) is 10.8 Å². The summed E-state index contributed by atoms with van der Waals surface area (Å²) in [6.07, 6.45) is 0. The van der Waals surface area contributed by atoms with Crippen molar-refractivity contribution < 1.29 is 10.1 Å². The first-order valence-corrected chi connectivity index (χ1v) is 4.50.